The molecular formula is C43H76N4O8. The van der Waals surface area contributed by atoms with Crippen molar-refractivity contribution in [2.75, 3.05) is 26.2 Å². The predicted molar refractivity (Wildman–Crippen MR) is 217 cm³/mol. The molecule has 2 rings (SSSR count). The first-order chi connectivity index (χ1) is 26.8. The molecule has 55 heavy (non-hydrogen) atoms. The van der Waals surface area contributed by atoms with Crippen LogP contribution >= 0.6 is 0 Å². The Morgan fingerprint density at radius 1 is 0.727 bits per heavy atom. The van der Waals surface area contributed by atoms with E-state index in [1.54, 1.807) is 24.3 Å². The van der Waals surface area contributed by atoms with Crippen molar-refractivity contribution in [1.29, 1.82) is 0 Å². The van der Waals surface area contributed by atoms with Crippen molar-refractivity contribution in [2.45, 2.75) is 192 Å². The fourth-order valence-corrected chi connectivity index (χ4v) is 7.27. The minimum Gasteiger partial charge on any atom is -0.444 e. The molecule has 1 saturated heterocycles. The summed E-state index contributed by atoms with van der Waals surface area (Å²) in [6.07, 6.45) is 18.1. The van der Waals surface area contributed by atoms with E-state index in [4.69, 9.17) is 15.2 Å². The van der Waals surface area contributed by atoms with Crippen LogP contribution in [0.15, 0.2) is 30.3 Å². The van der Waals surface area contributed by atoms with Crippen LogP contribution in [0.25, 0.3) is 0 Å². The van der Waals surface area contributed by atoms with Gasteiger partial charge in [0.2, 0.25) is 5.91 Å². The molecule has 5 atom stereocenters. The van der Waals surface area contributed by atoms with Gasteiger partial charge in [-0.3, -0.25) is 9.69 Å². The molecule has 0 radical (unpaired) electrons. The van der Waals surface area contributed by atoms with E-state index in [0.29, 0.717) is 23.4 Å². The van der Waals surface area contributed by atoms with Gasteiger partial charge in [-0.05, 0) is 18.4 Å². The Hall–Kier alpha value is -2.77. The van der Waals surface area contributed by atoms with Gasteiger partial charge in [0.25, 0.3) is 0 Å². The molecule has 1 aliphatic rings. The van der Waals surface area contributed by atoms with Crippen LogP contribution in [-0.4, -0.2) is 100.0 Å². The quantitative estimate of drug-likeness (QED) is 0.0494. The summed E-state index contributed by atoms with van der Waals surface area (Å²) in [7, 11) is 0. The monoisotopic (exact) mass is 777 g/mol. The minimum atomic E-state index is -1.77. The number of carbonyl (C=O) groups is 3. The van der Waals surface area contributed by atoms with Crippen molar-refractivity contribution in [3.63, 3.8) is 0 Å². The molecule has 1 aromatic rings. The molecule has 0 unspecified atom stereocenters. The third-order valence-electron chi connectivity index (χ3n) is 10.6. The van der Waals surface area contributed by atoms with Crippen LogP contribution in [0.3, 0.4) is 0 Å². The van der Waals surface area contributed by atoms with Gasteiger partial charge in [-0.1, -0.05) is 173 Å². The summed E-state index contributed by atoms with van der Waals surface area (Å²) in [5, 5.41) is 35.6. The maximum Gasteiger partial charge on any atom is 0.417 e. The average molecular weight is 777 g/mol. The highest BCUT2D eigenvalue weighted by atomic mass is 16.6. The molecular weight excluding hydrogens is 700 g/mol. The molecule has 0 spiro atoms. The van der Waals surface area contributed by atoms with Crippen molar-refractivity contribution >= 4 is 18.0 Å². The minimum absolute atomic E-state index is 0.161. The second-order valence-corrected chi connectivity index (χ2v) is 15.2. The molecule has 12 heteroatoms. The summed E-state index contributed by atoms with van der Waals surface area (Å²) < 4.78 is 11.6. The number of imide groups is 1. The molecule has 1 aromatic carbocycles. The van der Waals surface area contributed by atoms with Crippen LogP contribution in [-0.2, 0) is 20.9 Å². The molecule has 1 fully saturated rings. The van der Waals surface area contributed by atoms with Gasteiger partial charge in [0.05, 0.1) is 13.2 Å². The molecule has 12 nitrogen and oxygen atoms in total. The zero-order valence-electron chi connectivity index (χ0n) is 34.2. The normalized spacial score (nSPS) is 19.6. The van der Waals surface area contributed by atoms with Crippen LogP contribution in [0.1, 0.15) is 161 Å². The number of ether oxygens (including phenoxy) is 2. The van der Waals surface area contributed by atoms with Gasteiger partial charge in [-0.25, -0.2) is 14.5 Å². The number of nitrogens with two attached hydrogens (primary N) is 1. The van der Waals surface area contributed by atoms with Gasteiger partial charge in [0.1, 0.15) is 31.0 Å². The van der Waals surface area contributed by atoms with Crippen LogP contribution in [0, 0.1) is 0 Å². The van der Waals surface area contributed by atoms with Gasteiger partial charge in [-0.2, -0.15) is 0 Å². The SMILES string of the molecule is CCCCCCCCCCCCCCNC(=O)N(CCCCCCCCCCCC)[C@@H]1O[C@H](CO)[C@@H](O)[C@H](O)[C@H]1N(C(=O)CN)C(=O)OCc1ccccc1. The summed E-state index contributed by atoms with van der Waals surface area (Å²) >= 11 is 0. The molecule has 1 aliphatic heterocycles. The lowest BCUT2D eigenvalue weighted by Gasteiger charge is -2.49. The van der Waals surface area contributed by atoms with Gasteiger partial charge in [-0.15, -0.1) is 0 Å². The largest absolute Gasteiger partial charge is 0.444 e. The maximum absolute atomic E-state index is 14.0. The molecule has 0 bridgehead atoms. The van der Waals surface area contributed by atoms with Gasteiger partial charge in [0.15, 0.2) is 6.23 Å². The molecule has 4 amide bonds. The van der Waals surface area contributed by atoms with Gasteiger partial charge < -0.3 is 35.8 Å². The number of nitrogens with zero attached hydrogens (tertiary/aromatic N) is 2. The Kier molecular flexibility index (Phi) is 26.7. The van der Waals surface area contributed by atoms with Crippen molar-refractivity contribution in [3.05, 3.63) is 35.9 Å². The predicted octanol–water partition coefficient (Wildman–Crippen LogP) is 7.55. The van der Waals surface area contributed by atoms with E-state index in [1.807, 2.05) is 6.07 Å². The number of rotatable bonds is 30. The fraction of sp³-hybridized carbons (Fsp3) is 0.791. The van der Waals surface area contributed by atoms with E-state index in [9.17, 15) is 29.7 Å². The zero-order chi connectivity index (χ0) is 40.1. The number of hydrogen-bond donors (Lipinski definition) is 5. The highest BCUT2D eigenvalue weighted by molar-refractivity contribution is 5.93. The first kappa shape index (κ1) is 48.4. The number of hydrogen-bond acceptors (Lipinski definition) is 9. The van der Waals surface area contributed by atoms with Crippen molar-refractivity contribution in [3.8, 4) is 0 Å². The molecule has 0 aromatic heterocycles. The smallest absolute Gasteiger partial charge is 0.417 e. The Balaban J connectivity index is 2.14. The van der Waals surface area contributed by atoms with E-state index < -0.39 is 61.8 Å². The third-order valence-corrected chi connectivity index (χ3v) is 10.6. The molecule has 0 aliphatic carbocycles. The number of carbonyl (C=O) groups excluding carboxylic acids is 3. The first-order valence-corrected chi connectivity index (χ1v) is 21.7. The molecule has 316 valence electrons. The van der Waals surface area contributed by atoms with Crippen molar-refractivity contribution in [2.24, 2.45) is 5.73 Å². The van der Waals surface area contributed by atoms with E-state index in [1.165, 1.54) is 94.8 Å². The lowest BCUT2D eigenvalue weighted by Crippen LogP contribution is -2.71. The van der Waals surface area contributed by atoms with Crippen LogP contribution in [0.5, 0.6) is 0 Å². The number of unbranched alkanes of at least 4 members (excludes halogenated alkanes) is 20. The molecule has 0 saturated carbocycles. The Morgan fingerprint density at radius 3 is 1.71 bits per heavy atom. The summed E-state index contributed by atoms with van der Waals surface area (Å²) in [6.45, 7) is 3.65. The molecule has 1 heterocycles. The Labute approximate surface area is 331 Å². The molecule has 6 N–H and O–H groups in total. The number of nitrogens with one attached hydrogen (secondary N) is 1. The second-order valence-electron chi connectivity index (χ2n) is 15.2. The second kappa shape index (κ2) is 30.4. The van der Waals surface area contributed by atoms with E-state index >= 15 is 0 Å². The standard InChI is InChI=1S/C43H76N4O8/c1-3-5-7-9-11-13-15-16-17-19-21-26-30-45-42(52)46(31-27-22-20-18-14-12-10-8-6-4-2)41-38(40(51)39(50)36(33-48)55-41)47(37(49)32-44)43(53)54-34-35-28-24-23-25-29-35/h23-25,28-29,36,38-41,48,50-51H,3-22,26-27,30-34,44H2,1-2H3,(H,45,52)/t36-,38-,39-,40-,41-/m1/s1. The average Bonchev–Trinajstić information content (AvgIpc) is 3.20. The van der Waals surface area contributed by atoms with Crippen LogP contribution in [0.4, 0.5) is 9.59 Å². The van der Waals surface area contributed by atoms with Crippen molar-refractivity contribution < 1.29 is 39.2 Å². The highest BCUT2D eigenvalue weighted by Gasteiger charge is 2.53. The number of amides is 4. The highest BCUT2D eigenvalue weighted by Crippen LogP contribution is 2.29. The third kappa shape index (κ3) is 18.8. The summed E-state index contributed by atoms with van der Waals surface area (Å²) in [6, 6.07) is 6.87. The van der Waals surface area contributed by atoms with Gasteiger partial charge in [0, 0.05) is 13.1 Å². The summed E-state index contributed by atoms with van der Waals surface area (Å²) in [4.78, 5) is 43.0. The lowest BCUT2D eigenvalue weighted by molar-refractivity contribution is -0.238. The van der Waals surface area contributed by atoms with E-state index in [2.05, 4.69) is 19.2 Å². The van der Waals surface area contributed by atoms with E-state index in [0.717, 1.165) is 44.9 Å². The van der Waals surface area contributed by atoms with Gasteiger partial charge >= 0.3 is 12.1 Å². The van der Waals surface area contributed by atoms with Crippen molar-refractivity contribution in [1.82, 2.24) is 15.1 Å². The number of aliphatic hydroxyl groups is 3. The van der Waals surface area contributed by atoms with Crippen LogP contribution < -0.4 is 11.1 Å². The Morgan fingerprint density at radius 2 is 1.22 bits per heavy atom. The number of benzene rings is 1. The van der Waals surface area contributed by atoms with E-state index in [-0.39, 0.29) is 13.2 Å². The Bertz CT molecular complexity index is 1140. The number of aliphatic hydroxyl groups excluding tert-OH is 3. The number of urea groups is 1. The lowest BCUT2D eigenvalue weighted by atomic mass is 9.93. The summed E-state index contributed by atoms with van der Waals surface area (Å²) in [5.74, 6) is -0.874. The topological polar surface area (TPSA) is 175 Å². The maximum atomic E-state index is 14.0. The first-order valence-electron chi connectivity index (χ1n) is 21.7. The zero-order valence-corrected chi connectivity index (χ0v) is 34.2. The fourth-order valence-electron chi connectivity index (χ4n) is 7.27. The summed E-state index contributed by atoms with van der Waals surface area (Å²) in [5.41, 5.74) is 6.43. The van der Waals surface area contributed by atoms with Crippen LogP contribution in [0.2, 0.25) is 0 Å².